The maximum Gasteiger partial charge on any atom is 0.303 e. The number of aliphatic hydroxyl groups is 1. The van der Waals surface area contributed by atoms with Gasteiger partial charge in [0.25, 0.3) is 0 Å². The molecule has 2 fully saturated rings. The quantitative estimate of drug-likeness (QED) is 0.249. The van der Waals surface area contributed by atoms with Crippen LogP contribution in [0.5, 0.6) is 0 Å². The van der Waals surface area contributed by atoms with Crippen LogP contribution in [0, 0.1) is 0 Å². The fraction of sp³-hybridized carbons (Fsp3) is 0.455. The highest BCUT2D eigenvalue weighted by atomic mass is 16.7. The molecule has 2 saturated heterocycles. The van der Waals surface area contributed by atoms with Gasteiger partial charge in [-0.15, -0.1) is 0 Å². The van der Waals surface area contributed by atoms with E-state index in [4.69, 9.17) is 14.6 Å². The van der Waals surface area contributed by atoms with Crippen LogP contribution < -0.4 is 10.2 Å². The van der Waals surface area contributed by atoms with Crippen molar-refractivity contribution >= 4 is 17.8 Å². The molecule has 0 unspecified atom stereocenters. The summed E-state index contributed by atoms with van der Waals surface area (Å²) >= 11 is 0. The summed E-state index contributed by atoms with van der Waals surface area (Å²) in [6.45, 7) is 4.65. The van der Waals surface area contributed by atoms with E-state index in [9.17, 15) is 14.7 Å². The predicted octanol–water partition coefficient (Wildman–Crippen LogP) is 3.60. The highest BCUT2D eigenvalue weighted by molar-refractivity contribution is 5.75. The zero-order chi connectivity index (χ0) is 30.7. The molecule has 3 aromatic rings. The Labute approximate surface area is 257 Å². The first-order chi connectivity index (χ1) is 21.5. The molecule has 3 N–H and O–H groups in total. The summed E-state index contributed by atoms with van der Waals surface area (Å²) < 4.78 is 13.0. The van der Waals surface area contributed by atoms with Gasteiger partial charge in [0.2, 0.25) is 11.9 Å². The van der Waals surface area contributed by atoms with Crippen LogP contribution in [0.2, 0.25) is 0 Å². The summed E-state index contributed by atoms with van der Waals surface area (Å²) in [6.07, 6.45) is 4.94. The minimum absolute atomic E-state index is 0.00229. The van der Waals surface area contributed by atoms with Gasteiger partial charge in [-0.1, -0.05) is 48.5 Å². The number of carbonyl (C=O) groups excluding carboxylic acids is 1. The number of nitrogens with one attached hydrogen (secondary N) is 1. The van der Waals surface area contributed by atoms with Crippen molar-refractivity contribution in [3.05, 3.63) is 89.2 Å². The van der Waals surface area contributed by atoms with E-state index in [0.717, 1.165) is 60.9 Å². The summed E-state index contributed by atoms with van der Waals surface area (Å²) in [5, 5.41) is 21.1. The number of hydrogen-bond acceptors (Lipinski definition) is 9. The van der Waals surface area contributed by atoms with E-state index in [1.54, 1.807) is 12.4 Å². The van der Waals surface area contributed by atoms with Crippen LogP contribution in [0.3, 0.4) is 0 Å². The first-order valence-corrected chi connectivity index (χ1v) is 15.3. The molecule has 11 nitrogen and oxygen atoms in total. The number of anilines is 1. The highest BCUT2D eigenvalue weighted by Crippen LogP contribution is 2.38. The first-order valence-electron chi connectivity index (χ1n) is 15.3. The molecule has 0 radical (unpaired) electrons. The number of carboxylic acid groups (broad SMARTS) is 1. The Balaban J connectivity index is 1.19. The van der Waals surface area contributed by atoms with Crippen LogP contribution in [0.25, 0.3) is 0 Å². The number of rotatable bonds is 13. The second kappa shape index (κ2) is 15.7. The van der Waals surface area contributed by atoms with Crippen molar-refractivity contribution in [3.63, 3.8) is 0 Å². The highest BCUT2D eigenvalue weighted by Gasteiger charge is 2.34. The number of carboxylic acids is 1. The van der Waals surface area contributed by atoms with E-state index < -0.39 is 12.3 Å². The Hall–Kier alpha value is -3.90. The summed E-state index contributed by atoms with van der Waals surface area (Å²) in [4.78, 5) is 36.2. The lowest BCUT2D eigenvalue weighted by atomic mass is 9.99. The summed E-state index contributed by atoms with van der Waals surface area (Å²) in [5.41, 5.74) is 3.77. The zero-order valence-electron chi connectivity index (χ0n) is 24.9. The molecular formula is C33H41N5O6. The van der Waals surface area contributed by atoms with Crippen LogP contribution in [-0.4, -0.2) is 75.8 Å². The van der Waals surface area contributed by atoms with Gasteiger partial charge in [-0.3, -0.25) is 14.5 Å². The molecule has 234 valence electrons. The second-order valence-corrected chi connectivity index (χ2v) is 11.3. The number of carbonyl (C=O) groups is 2. The lowest BCUT2D eigenvalue weighted by Gasteiger charge is -2.40. The molecule has 2 aliphatic heterocycles. The molecule has 1 aromatic heterocycles. The monoisotopic (exact) mass is 603 g/mol. The van der Waals surface area contributed by atoms with Crippen molar-refractivity contribution in [2.24, 2.45) is 0 Å². The fourth-order valence-corrected chi connectivity index (χ4v) is 5.55. The molecule has 2 aromatic carbocycles. The number of benzene rings is 2. The number of hydrogen-bond donors (Lipinski definition) is 3. The Morgan fingerprint density at radius 2 is 1.52 bits per heavy atom. The standard InChI is InChI=1S/C33H41N5O6/c39-23-25-8-10-26(11-9-25)29-20-28(22-37-16-18-38(19-17-37)33-34-14-3-15-35-33)43-32(44-29)27-12-6-24(7-13-27)21-36-30(40)4-1-2-5-31(41)42/h3,6-15,28-29,32,39H,1-2,4-5,16-23H2,(H,36,40)(H,41,42)/t28-,29+,32+/m1/s1. The Morgan fingerprint density at radius 3 is 2.20 bits per heavy atom. The molecule has 3 heterocycles. The van der Waals surface area contributed by atoms with Crippen LogP contribution in [0.15, 0.2) is 67.0 Å². The SMILES string of the molecule is O=C(O)CCCCC(=O)NCc1ccc([C@H]2O[C@@H](CN3CCN(c4ncccn4)CC3)C[C@@H](c3ccc(CO)cc3)O2)cc1. The van der Waals surface area contributed by atoms with Gasteiger partial charge in [-0.25, -0.2) is 9.97 Å². The molecule has 0 spiro atoms. The normalized spacial score (nSPS) is 20.8. The minimum atomic E-state index is -0.842. The van der Waals surface area contributed by atoms with Gasteiger partial charge in [0.15, 0.2) is 6.29 Å². The molecule has 0 bridgehead atoms. The fourth-order valence-electron chi connectivity index (χ4n) is 5.55. The lowest BCUT2D eigenvalue weighted by molar-refractivity contribution is -0.253. The lowest BCUT2D eigenvalue weighted by Crippen LogP contribution is -2.50. The number of aromatic nitrogens is 2. The van der Waals surface area contributed by atoms with Gasteiger partial charge < -0.3 is 29.9 Å². The van der Waals surface area contributed by atoms with E-state index in [2.05, 4.69) is 25.1 Å². The van der Waals surface area contributed by atoms with Crippen molar-refractivity contribution in [2.75, 3.05) is 37.6 Å². The third kappa shape index (κ3) is 9.06. The Bertz CT molecular complexity index is 1330. The van der Waals surface area contributed by atoms with E-state index in [1.165, 1.54) is 0 Å². The molecular weight excluding hydrogens is 562 g/mol. The molecule has 1 amide bonds. The van der Waals surface area contributed by atoms with Gasteiger partial charge in [-0.2, -0.15) is 0 Å². The van der Waals surface area contributed by atoms with Gasteiger partial charge in [0.1, 0.15) is 0 Å². The van der Waals surface area contributed by atoms with Crippen LogP contribution in [0.1, 0.15) is 66.8 Å². The number of aliphatic hydroxyl groups excluding tert-OH is 1. The molecule has 5 rings (SSSR count). The average molecular weight is 604 g/mol. The molecule has 44 heavy (non-hydrogen) atoms. The summed E-state index contributed by atoms with van der Waals surface area (Å²) in [7, 11) is 0. The number of piperazine rings is 1. The maximum atomic E-state index is 12.2. The zero-order valence-corrected chi connectivity index (χ0v) is 24.9. The third-order valence-corrected chi connectivity index (χ3v) is 8.07. The number of unbranched alkanes of at least 4 members (excludes halogenated alkanes) is 1. The number of nitrogens with zero attached hydrogens (tertiary/aromatic N) is 4. The Kier molecular flexibility index (Phi) is 11.3. The van der Waals surface area contributed by atoms with E-state index in [-0.39, 0.29) is 31.1 Å². The van der Waals surface area contributed by atoms with Crippen molar-refractivity contribution in [3.8, 4) is 0 Å². The van der Waals surface area contributed by atoms with Crippen molar-refractivity contribution < 1.29 is 29.3 Å². The van der Waals surface area contributed by atoms with Gasteiger partial charge >= 0.3 is 5.97 Å². The van der Waals surface area contributed by atoms with Crippen LogP contribution >= 0.6 is 0 Å². The van der Waals surface area contributed by atoms with Gasteiger partial charge in [0, 0.05) is 76.5 Å². The van der Waals surface area contributed by atoms with E-state index in [0.29, 0.717) is 32.2 Å². The van der Waals surface area contributed by atoms with Crippen molar-refractivity contribution in [1.29, 1.82) is 0 Å². The van der Waals surface area contributed by atoms with E-state index >= 15 is 0 Å². The topological polar surface area (TPSA) is 137 Å². The third-order valence-electron chi connectivity index (χ3n) is 8.07. The Morgan fingerprint density at radius 1 is 0.864 bits per heavy atom. The van der Waals surface area contributed by atoms with Crippen LogP contribution in [0.4, 0.5) is 5.95 Å². The minimum Gasteiger partial charge on any atom is -0.481 e. The average Bonchev–Trinajstić information content (AvgIpc) is 3.06. The van der Waals surface area contributed by atoms with Crippen LogP contribution in [-0.2, 0) is 32.2 Å². The molecule has 0 saturated carbocycles. The largest absolute Gasteiger partial charge is 0.481 e. The molecule has 3 atom stereocenters. The van der Waals surface area contributed by atoms with Gasteiger partial charge in [-0.05, 0) is 35.6 Å². The second-order valence-electron chi connectivity index (χ2n) is 11.3. The number of ether oxygens (including phenoxy) is 2. The first kappa shape index (κ1) is 31.5. The summed E-state index contributed by atoms with van der Waals surface area (Å²) in [6, 6.07) is 17.6. The predicted molar refractivity (Wildman–Crippen MR) is 163 cm³/mol. The van der Waals surface area contributed by atoms with E-state index in [1.807, 2.05) is 54.6 Å². The van der Waals surface area contributed by atoms with Crippen molar-refractivity contribution in [2.45, 2.75) is 63.8 Å². The maximum absolute atomic E-state index is 12.2. The number of aliphatic carboxylic acids is 1. The van der Waals surface area contributed by atoms with Gasteiger partial charge in [0.05, 0.1) is 18.8 Å². The number of amides is 1. The summed E-state index contributed by atoms with van der Waals surface area (Å²) in [5.74, 6) is -0.168. The molecule has 0 aliphatic carbocycles. The molecule has 11 heteroatoms. The smallest absolute Gasteiger partial charge is 0.303 e. The van der Waals surface area contributed by atoms with Crippen molar-refractivity contribution in [1.82, 2.24) is 20.2 Å². The molecule has 2 aliphatic rings.